The van der Waals surface area contributed by atoms with E-state index in [0.717, 1.165) is 31.4 Å². The summed E-state index contributed by atoms with van der Waals surface area (Å²) in [5, 5.41) is 3.78. The number of hydrogen-bond acceptors (Lipinski definition) is 3. The molecule has 0 radical (unpaired) electrons. The number of methoxy groups -OCH3 is 1. The van der Waals surface area contributed by atoms with Crippen LogP contribution < -0.4 is 5.32 Å². The topological polar surface area (TPSA) is 24.5 Å². The lowest BCUT2D eigenvalue weighted by Crippen LogP contribution is -2.60. The molecule has 1 fully saturated rings. The van der Waals surface area contributed by atoms with Gasteiger partial charge in [0.05, 0.1) is 0 Å². The van der Waals surface area contributed by atoms with Crippen molar-refractivity contribution in [3.8, 4) is 0 Å². The van der Waals surface area contributed by atoms with Crippen molar-refractivity contribution in [2.75, 3.05) is 33.4 Å². The van der Waals surface area contributed by atoms with Gasteiger partial charge < -0.3 is 10.1 Å². The summed E-state index contributed by atoms with van der Waals surface area (Å²) >= 11 is 0. The molecule has 0 aromatic rings. The minimum absolute atomic E-state index is 0.660. The van der Waals surface area contributed by atoms with Crippen LogP contribution in [0.5, 0.6) is 0 Å². The first-order chi connectivity index (χ1) is 9.13. The van der Waals surface area contributed by atoms with Crippen LogP contribution in [0, 0.1) is 11.8 Å². The van der Waals surface area contributed by atoms with Crippen LogP contribution in [0.3, 0.4) is 0 Å². The molecule has 1 aliphatic heterocycles. The third-order valence-corrected chi connectivity index (χ3v) is 4.91. The van der Waals surface area contributed by atoms with E-state index in [-0.39, 0.29) is 0 Å². The molecule has 1 rings (SSSR count). The summed E-state index contributed by atoms with van der Waals surface area (Å²) in [5.41, 5.74) is 0. The summed E-state index contributed by atoms with van der Waals surface area (Å²) in [6, 6.07) is 1.36. The molecule has 3 nitrogen and oxygen atoms in total. The number of nitrogens with zero attached hydrogens (tertiary/aromatic N) is 1. The monoisotopic (exact) mass is 270 g/mol. The van der Waals surface area contributed by atoms with Gasteiger partial charge in [-0.05, 0) is 18.3 Å². The number of piperazine rings is 1. The molecule has 4 atom stereocenters. The van der Waals surface area contributed by atoms with Gasteiger partial charge in [0, 0.05) is 45.4 Å². The summed E-state index contributed by atoms with van der Waals surface area (Å²) in [7, 11) is 1.80. The second-order valence-corrected chi connectivity index (χ2v) is 6.19. The molecule has 0 aromatic heterocycles. The van der Waals surface area contributed by atoms with Gasteiger partial charge in [0.1, 0.15) is 0 Å². The Labute approximate surface area is 120 Å². The Hall–Kier alpha value is -0.120. The minimum Gasteiger partial charge on any atom is -0.385 e. The van der Waals surface area contributed by atoms with Gasteiger partial charge in [-0.25, -0.2) is 0 Å². The zero-order valence-electron chi connectivity index (χ0n) is 13.6. The third-order valence-electron chi connectivity index (χ3n) is 4.91. The Kier molecular flexibility index (Phi) is 7.96. The van der Waals surface area contributed by atoms with Crippen LogP contribution in [-0.2, 0) is 4.74 Å². The zero-order valence-corrected chi connectivity index (χ0v) is 13.6. The maximum Gasteiger partial charge on any atom is 0.0474 e. The first-order valence-corrected chi connectivity index (χ1v) is 8.10. The van der Waals surface area contributed by atoms with Crippen molar-refractivity contribution in [3.63, 3.8) is 0 Å². The van der Waals surface area contributed by atoms with E-state index < -0.39 is 0 Å². The molecule has 0 bridgehead atoms. The second kappa shape index (κ2) is 8.93. The third kappa shape index (κ3) is 5.05. The molecule has 19 heavy (non-hydrogen) atoms. The lowest BCUT2D eigenvalue weighted by Gasteiger charge is -2.44. The molecule has 4 unspecified atom stereocenters. The average molecular weight is 270 g/mol. The highest BCUT2D eigenvalue weighted by molar-refractivity contribution is 4.90. The molecule has 1 heterocycles. The first kappa shape index (κ1) is 16.9. The Balaban J connectivity index is 2.57. The molecule has 0 spiro atoms. The van der Waals surface area contributed by atoms with Crippen molar-refractivity contribution in [3.05, 3.63) is 0 Å². The van der Waals surface area contributed by atoms with Crippen LogP contribution in [0.1, 0.15) is 47.0 Å². The Morgan fingerprint density at radius 3 is 2.47 bits per heavy atom. The van der Waals surface area contributed by atoms with E-state index in [0.29, 0.717) is 12.1 Å². The van der Waals surface area contributed by atoms with Crippen LogP contribution in [-0.4, -0.2) is 50.3 Å². The predicted molar refractivity (Wildman–Crippen MR) is 82.6 cm³/mol. The van der Waals surface area contributed by atoms with Gasteiger partial charge in [0.2, 0.25) is 0 Å². The van der Waals surface area contributed by atoms with E-state index in [9.17, 15) is 0 Å². The van der Waals surface area contributed by atoms with Crippen LogP contribution in [0.15, 0.2) is 0 Å². The van der Waals surface area contributed by atoms with Crippen molar-refractivity contribution in [1.82, 2.24) is 10.2 Å². The highest BCUT2D eigenvalue weighted by Gasteiger charge is 2.31. The molecule has 1 saturated heterocycles. The Bertz CT molecular complexity index is 235. The van der Waals surface area contributed by atoms with E-state index in [2.05, 4.69) is 37.9 Å². The van der Waals surface area contributed by atoms with E-state index >= 15 is 0 Å². The summed E-state index contributed by atoms with van der Waals surface area (Å²) < 4.78 is 5.21. The summed E-state index contributed by atoms with van der Waals surface area (Å²) in [6.07, 6.45) is 3.68. The quantitative estimate of drug-likeness (QED) is 0.686. The molecule has 0 aromatic carbocycles. The van der Waals surface area contributed by atoms with Gasteiger partial charge in [0.25, 0.3) is 0 Å². The first-order valence-electron chi connectivity index (χ1n) is 8.10. The van der Waals surface area contributed by atoms with Crippen molar-refractivity contribution in [2.45, 2.75) is 59.0 Å². The molecule has 0 aliphatic carbocycles. The average Bonchev–Trinajstić information content (AvgIpc) is 2.45. The molecule has 1 N–H and O–H groups in total. The SMILES string of the molecule is CCC(C)C1CN(CCCOC)C(C(C)CC)CN1. The number of ether oxygens (including phenoxy) is 1. The van der Waals surface area contributed by atoms with Gasteiger partial charge in [-0.15, -0.1) is 0 Å². The van der Waals surface area contributed by atoms with E-state index in [4.69, 9.17) is 4.74 Å². The van der Waals surface area contributed by atoms with Crippen LogP contribution in [0.2, 0.25) is 0 Å². The molecule has 114 valence electrons. The van der Waals surface area contributed by atoms with Crippen molar-refractivity contribution < 1.29 is 4.74 Å². The van der Waals surface area contributed by atoms with E-state index in [1.54, 1.807) is 7.11 Å². The van der Waals surface area contributed by atoms with Crippen molar-refractivity contribution in [2.24, 2.45) is 11.8 Å². The van der Waals surface area contributed by atoms with Gasteiger partial charge in [-0.1, -0.05) is 40.5 Å². The predicted octanol–water partition coefficient (Wildman–Crippen LogP) is 2.76. The lowest BCUT2D eigenvalue weighted by molar-refractivity contribution is 0.0663. The maximum atomic E-state index is 5.21. The summed E-state index contributed by atoms with van der Waals surface area (Å²) in [5.74, 6) is 1.54. The normalized spacial score (nSPS) is 28.3. The van der Waals surface area contributed by atoms with Crippen molar-refractivity contribution in [1.29, 1.82) is 0 Å². The molecule has 0 saturated carbocycles. The molecule has 0 amide bonds. The van der Waals surface area contributed by atoms with Crippen LogP contribution >= 0.6 is 0 Å². The smallest absolute Gasteiger partial charge is 0.0474 e. The number of rotatable bonds is 8. The Morgan fingerprint density at radius 2 is 1.89 bits per heavy atom. The fraction of sp³-hybridized carbons (Fsp3) is 1.00. The summed E-state index contributed by atoms with van der Waals surface area (Å²) in [6.45, 7) is 13.8. The molecular formula is C16H34N2O. The summed E-state index contributed by atoms with van der Waals surface area (Å²) in [4.78, 5) is 2.71. The van der Waals surface area contributed by atoms with Crippen LogP contribution in [0.4, 0.5) is 0 Å². The van der Waals surface area contributed by atoms with Crippen molar-refractivity contribution >= 4 is 0 Å². The second-order valence-electron chi connectivity index (χ2n) is 6.19. The zero-order chi connectivity index (χ0) is 14.3. The van der Waals surface area contributed by atoms with Gasteiger partial charge >= 0.3 is 0 Å². The van der Waals surface area contributed by atoms with Gasteiger partial charge in [0.15, 0.2) is 0 Å². The largest absolute Gasteiger partial charge is 0.385 e. The number of hydrogen-bond donors (Lipinski definition) is 1. The van der Waals surface area contributed by atoms with E-state index in [1.165, 1.54) is 25.9 Å². The molecule has 3 heteroatoms. The van der Waals surface area contributed by atoms with E-state index in [1.807, 2.05) is 0 Å². The van der Waals surface area contributed by atoms with Gasteiger partial charge in [-0.3, -0.25) is 4.90 Å². The standard InChI is InChI=1S/C16H34N2O/c1-6-13(3)15-12-18(9-8-10-19-5)16(11-17-15)14(4)7-2/h13-17H,6-12H2,1-5H3. The maximum absolute atomic E-state index is 5.21. The molecule has 1 aliphatic rings. The lowest BCUT2D eigenvalue weighted by atomic mass is 9.90. The minimum atomic E-state index is 0.660. The highest BCUT2D eigenvalue weighted by Crippen LogP contribution is 2.21. The van der Waals surface area contributed by atoms with Gasteiger partial charge in [-0.2, -0.15) is 0 Å². The molecular weight excluding hydrogens is 236 g/mol. The van der Waals surface area contributed by atoms with Crippen LogP contribution in [0.25, 0.3) is 0 Å². The highest BCUT2D eigenvalue weighted by atomic mass is 16.5. The fourth-order valence-corrected chi connectivity index (χ4v) is 3.02. The Morgan fingerprint density at radius 1 is 1.21 bits per heavy atom. The fourth-order valence-electron chi connectivity index (χ4n) is 3.02. The number of nitrogens with one attached hydrogen (secondary N) is 1.